The minimum Gasteiger partial charge on any atom is -0.481 e. The van der Waals surface area contributed by atoms with Crippen molar-refractivity contribution in [2.45, 2.75) is 64.5 Å². The molecule has 1 aliphatic heterocycles. The summed E-state index contributed by atoms with van der Waals surface area (Å²) in [7, 11) is 0. The Balaban J connectivity index is 2.41. The van der Waals surface area contributed by atoms with E-state index in [-0.39, 0.29) is 24.5 Å². The molecule has 0 aromatic rings. The number of carbonyl (C=O) groups excluding carboxylic acids is 1. The Kier molecular flexibility index (Phi) is 6.84. The highest BCUT2D eigenvalue weighted by atomic mass is 16.5. The number of nitrogens with zero attached hydrogens (tertiary/aromatic N) is 1. The highest BCUT2D eigenvalue weighted by Crippen LogP contribution is 2.21. The molecular weight excluding hydrogens is 246 g/mol. The van der Waals surface area contributed by atoms with Crippen LogP contribution >= 0.6 is 0 Å². The monoisotopic (exact) mass is 271 g/mol. The van der Waals surface area contributed by atoms with Crippen LogP contribution in [0.15, 0.2) is 0 Å². The van der Waals surface area contributed by atoms with Gasteiger partial charge in [0.25, 0.3) is 0 Å². The van der Waals surface area contributed by atoms with Crippen molar-refractivity contribution in [1.29, 1.82) is 0 Å². The summed E-state index contributed by atoms with van der Waals surface area (Å²) in [5.74, 6) is -0.697. The molecule has 0 aliphatic carbocycles. The van der Waals surface area contributed by atoms with Crippen LogP contribution in [0.3, 0.4) is 0 Å². The van der Waals surface area contributed by atoms with Crippen molar-refractivity contribution >= 4 is 11.9 Å². The Bertz CT molecular complexity index is 304. The molecule has 1 N–H and O–H groups in total. The average Bonchev–Trinajstić information content (AvgIpc) is 2.36. The molecule has 0 aromatic heterocycles. The number of aliphatic carboxylic acids is 1. The van der Waals surface area contributed by atoms with Crippen LogP contribution in [0, 0.1) is 0 Å². The lowest BCUT2D eigenvalue weighted by Gasteiger charge is -2.35. The summed E-state index contributed by atoms with van der Waals surface area (Å²) in [5, 5.41) is 8.75. The van der Waals surface area contributed by atoms with Crippen LogP contribution in [0.5, 0.6) is 0 Å². The number of hydrogen-bond donors (Lipinski definition) is 1. The number of ether oxygens (including phenoxy) is 1. The van der Waals surface area contributed by atoms with Crippen molar-refractivity contribution in [3.8, 4) is 0 Å². The van der Waals surface area contributed by atoms with Gasteiger partial charge in [-0.25, -0.2) is 0 Å². The first-order chi connectivity index (χ1) is 9.00. The van der Waals surface area contributed by atoms with Gasteiger partial charge in [0.1, 0.15) is 0 Å². The molecule has 0 saturated carbocycles. The molecule has 5 heteroatoms. The molecule has 1 fully saturated rings. The van der Waals surface area contributed by atoms with Gasteiger partial charge in [0.15, 0.2) is 0 Å². The molecule has 0 bridgehead atoms. The van der Waals surface area contributed by atoms with Crippen molar-refractivity contribution in [1.82, 2.24) is 4.90 Å². The van der Waals surface area contributed by atoms with Crippen molar-refractivity contribution < 1.29 is 19.4 Å². The first-order valence-electron chi connectivity index (χ1n) is 7.13. The Morgan fingerprint density at radius 3 is 2.68 bits per heavy atom. The molecule has 5 nitrogen and oxygen atoms in total. The van der Waals surface area contributed by atoms with Crippen molar-refractivity contribution in [3.63, 3.8) is 0 Å². The molecule has 0 unspecified atom stereocenters. The normalized spacial score (nSPS) is 19.7. The topological polar surface area (TPSA) is 66.8 Å². The molecular formula is C14H25NO4. The Morgan fingerprint density at radius 2 is 2.05 bits per heavy atom. The molecule has 110 valence electrons. The van der Waals surface area contributed by atoms with Gasteiger partial charge in [-0.05, 0) is 39.5 Å². The minimum absolute atomic E-state index is 0.0933. The summed E-state index contributed by atoms with van der Waals surface area (Å²) in [4.78, 5) is 24.6. The average molecular weight is 271 g/mol. The van der Waals surface area contributed by atoms with Crippen molar-refractivity contribution in [2.24, 2.45) is 0 Å². The number of carboxylic acids is 1. The molecule has 19 heavy (non-hydrogen) atoms. The number of carboxylic acid groups (broad SMARTS) is 1. The van der Waals surface area contributed by atoms with Crippen LogP contribution in [-0.4, -0.2) is 47.2 Å². The molecule has 1 rings (SSSR count). The minimum atomic E-state index is -0.791. The van der Waals surface area contributed by atoms with E-state index in [1.54, 1.807) is 0 Å². The third-order valence-corrected chi connectivity index (χ3v) is 3.41. The molecule has 1 aliphatic rings. The van der Waals surface area contributed by atoms with Crippen LogP contribution in [-0.2, 0) is 14.3 Å². The second kappa shape index (κ2) is 8.15. The number of rotatable bonds is 7. The molecule has 1 heterocycles. The van der Waals surface area contributed by atoms with Crippen LogP contribution in [0.4, 0.5) is 0 Å². The van der Waals surface area contributed by atoms with Gasteiger partial charge in [-0.3, -0.25) is 9.59 Å². The van der Waals surface area contributed by atoms with Gasteiger partial charge in [0, 0.05) is 19.0 Å². The molecule has 0 radical (unpaired) electrons. The second-order valence-electron chi connectivity index (χ2n) is 5.34. The van der Waals surface area contributed by atoms with Gasteiger partial charge >= 0.3 is 5.97 Å². The Hall–Kier alpha value is -1.10. The van der Waals surface area contributed by atoms with Gasteiger partial charge in [-0.2, -0.15) is 0 Å². The van der Waals surface area contributed by atoms with E-state index < -0.39 is 5.97 Å². The molecule has 1 amide bonds. The maximum atomic E-state index is 12.1. The number of likely N-dealkylation sites (tertiary alicyclic amines) is 1. The summed E-state index contributed by atoms with van der Waals surface area (Å²) in [6.07, 6.45) is 4.24. The highest BCUT2D eigenvalue weighted by Gasteiger charge is 2.26. The molecule has 0 aromatic carbocycles. The van der Waals surface area contributed by atoms with Gasteiger partial charge in [0.2, 0.25) is 5.91 Å². The fraction of sp³-hybridized carbons (Fsp3) is 0.857. The van der Waals surface area contributed by atoms with Crippen LogP contribution < -0.4 is 0 Å². The van der Waals surface area contributed by atoms with Crippen molar-refractivity contribution in [2.75, 3.05) is 13.2 Å². The number of carbonyl (C=O) groups is 2. The lowest BCUT2D eigenvalue weighted by Crippen LogP contribution is -2.44. The first kappa shape index (κ1) is 16.0. The smallest absolute Gasteiger partial charge is 0.303 e. The summed E-state index contributed by atoms with van der Waals surface area (Å²) in [6, 6.07) is 0.0939. The number of piperidine rings is 1. The standard InChI is InChI=1S/C14H25NO4/c1-11(2)19-10-8-13(16)15-9-4-3-5-12(15)6-7-14(17)18/h11-12H,3-10H2,1-2H3,(H,17,18)/t12-/m0/s1. The summed E-state index contributed by atoms with van der Waals surface area (Å²) in [6.45, 7) is 5.09. The van der Waals surface area contributed by atoms with Crippen LogP contribution in [0.2, 0.25) is 0 Å². The zero-order valence-corrected chi connectivity index (χ0v) is 11.9. The zero-order chi connectivity index (χ0) is 14.3. The van der Waals surface area contributed by atoms with Gasteiger partial charge in [-0.1, -0.05) is 0 Å². The fourth-order valence-electron chi connectivity index (χ4n) is 2.44. The first-order valence-corrected chi connectivity index (χ1v) is 7.13. The van der Waals surface area contributed by atoms with E-state index in [9.17, 15) is 9.59 Å². The third-order valence-electron chi connectivity index (χ3n) is 3.41. The summed E-state index contributed by atoms with van der Waals surface area (Å²) >= 11 is 0. The maximum Gasteiger partial charge on any atom is 0.303 e. The van der Waals surface area contributed by atoms with Crippen molar-refractivity contribution in [3.05, 3.63) is 0 Å². The zero-order valence-electron chi connectivity index (χ0n) is 11.9. The van der Waals surface area contributed by atoms with Gasteiger partial charge < -0.3 is 14.7 Å². The Labute approximate surface area is 114 Å². The number of amides is 1. The van der Waals surface area contributed by atoms with E-state index in [4.69, 9.17) is 9.84 Å². The predicted molar refractivity (Wildman–Crippen MR) is 71.9 cm³/mol. The van der Waals surface area contributed by atoms with Crippen LogP contribution in [0.25, 0.3) is 0 Å². The maximum absolute atomic E-state index is 12.1. The predicted octanol–water partition coefficient (Wildman–Crippen LogP) is 2.05. The fourth-order valence-corrected chi connectivity index (χ4v) is 2.44. The van der Waals surface area contributed by atoms with E-state index in [1.807, 2.05) is 18.7 Å². The summed E-state index contributed by atoms with van der Waals surface area (Å²) in [5.41, 5.74) is 0. The van der Waals surface area contributed by atoms with E-state index >= 15 is 0 Å². The quantitative estimate of drug-likeness (QED) is 0.769. The number of hydrogen-bond acceptors (Lipinski definition) is 3. The van der Waals surface area contributed by atoms with E-state index in [1.165, 1.54) is 0 Å². The van der Waals surface area contributed by atoms with E-state index in [0.29, 0.717) is 19.4 Å². The highest BCUT2D eigenvalue weighted by molar-refractivity contribution is 5.76. The summed E-state index contributed by atoms with van der Waals surface area (Å²) < 4.78 is 5.40. The molecule has 1 saturated heterocycles. The van der Waals surface area contributed by atoms with E-state index in [0.717, 1.165) is 25.8 Å². The second-order valence-corrected chi connectivity index (χ2v) is 5.34. The van der Waals surface area contributed by atoms with Gasteiger partial charge in [0.05, 0.1) is 19.1 Å². The molecule has 1 atom stereocenters. The molecule has 0 spiro atoms. The van der Waals surface area contributed by atoms with Crippen LogP contribution in [0.1, 0.15) is 52.4 Å². The lowest BCUT2D eigenvalue weighted by atomic mass is 9.97. The SMILES string of the molecule is CC(C)OCCC(=O)N1CCCC[C@H]1CCC(=O)O. The largest absolute Gasteiger partial charge is 0.481 e. The van der Waals surface area contributed by atoms with Gasteiger partial charge in [-0.15, -0.1) is 0 Å². The van der Waals surface area contributed by atoms with E-state index in [2.05, 4.69) is 0 Å². The third kappa shape index (κ3) is 6.05. The Morgan fingerprint density at radius 1 is 1.32 bits per heavy atom. The lowest BCUT2D eigenvalue weighted by molar-refractivity contribution is -0.140.